The van der Waals surface area contributed by atoms with Crippen molar-refractivity contribution in [1.29, 1.82) is 5.26 Å². The van der Waals surface area contributed by atoms with E-state index < -0.39 is 5.91 Å². The molecule has 27 heavy (non-hydrogen) atoms. The van der Waals surface area contributed by atoms with Crippen molar-refractivity contribution in [3.63, 3.8) is 0 Å². The molecule has 0 saturated carbocycles. The number of nitrogens with zero attached hydrogens (tertiary/aromatic N) is 1. The zero-order valence-corrected chi connectivity index (χ0v) is 16.0. The zero-order chi connectivity index (χ0) is 19.6. The highest BCUT2D eigenvalue weighted by Crippen LogP contribution is 2.29. The molecule has 1 N–H and O–H groups in total. The molecule has 1 amide bonds. The quantitative estimate of drug-likeness (QED) is 0.391. The fourth-order valence-electron chi connectivity index (χ4n) is 2.29. The van der Waals surface area contributed by atoms with Gasteiger partial charge < -0.3 is 14.8 Å². The number of halogens is 1. The number of carbonyl (C=O) groups is 1. The molecule has 2 aromatic rings. The van der Waals surface area contributed by atoms with Gasteiger partial charge in [0.05, 0.1) is 24.4 Å². The fraction of sp³-hybridized carbons (Fsp3) is 0.238. The number of hydrogen-bond acceptors (Lipinski definition) is 4. The van der Waals surface area contributed by atoms with Gasteiger partial charge in [0, 0.05) is 0 Å². The highest BCUT2D eigenvalue weighted by atomic mass is 35.5. The molecule has 0 saturated heterocycles. The van der Waals surface area contributed by atoms with Gasteiger partial charge in [-0.2, -0.15) is 5.26 Å². The van der Waals surface area contributed by atoms with E-state index in [0.717, 1.165) is 12.8 Å². The number of unbranched alkanes of at least 4 members (excludes halogenated alkanes) is 1. The molecule has 0 bridgehead atoms. The number of para-hydroxylation sites is 1. The highest BCUT2D eigenvalue weighted by Gasteiger charge is 2.12. The molecule has 2 aromatic carbocycles. The number of benzene rings is 2. The average Bonchev–Trinajstić information content (AvgIpc) is 2.68. The van der Waals surface area contributed by atoms with E-state index in [1.807, 2.05) is 6.07 Å². The number of nitriles is 1. The zero-order valence-electron chi connectivity index (χ0n) is 15.3. The first kappa shape index (κ1) is 20.3. The summed E-state index contributed by atoms with van der Waals surface area (Å²) in [6.45, 7) is 2.69. The molecule has 0 aliphatic carbocycles. The van der Waals surface area contributed by atoms with Crippen molar-refractivity contribution in [2.75, 3.05) is 19.0 Å². The lowest BCUT2D eigenvalue weighted by atomic mass is 10.1. The van der Waals surface area contributed by atoms with Crippen LogP contribution in [0.25, 0.3) is 6.08 Å². The molecule has 5 nitrogen and oxygen atoms in total. The van der Waals surface area contributed by atoms with Gasteiger partial charge in [-0.15, -0.1) is 0 Å². The molecular weight excluding hydrogens is 364 g/mol. The number of nitrogens with one attached hydrogen (secondary N) is 1. The Morgan fingerprint density at radius 3 is 2.70 bits per heavy atom. The van der Waals surface area contributed by atoms with Crippen LogP contribution in [0.4, 0.5) is 5.69 Å². The van der Waals surface area contributed by atoms with Crippen molar-refractivity contribution >= 4 is 29.3 Å². The second-order valence-corrected chi connectivity index (χ2v) is 6.12. The van der Waals surface area contributed by atoms with Crippen LogP contribution in [0.5, 0.6) is 11.5 Å². The lowest BCUT2D eigenvalue weighted by Crippen LogP contribution is -2.13. The predicted octanol–water partition coefficient (Wildman–Crippen LogP) is 5.07. The lowest BCUT2D eigenvalue weighted by Gasteiger charge is -2.11. The van der Waals surface area contributed by atoms with Crippen molar-refractivity contribution in [2.24, 2.45) is 0 Å². The third-order valence-electron chi connectivity index (χ3n) is 3.74. The van der Waals surface area contributed by atoms with Crippen LogP contribution in [0.1, 0.15) is 25.3 Å². The Morgan fingerprint density at radius 1 is 1.26 bits per heavy atom. The van der Waals surface area contributed by atoms with Crippen LogP contribution in [0.3, 0.4) is 0 Å². The minimum absolute atomic E-state index is 0.0448. The Kier molecular flexibility index (Phi) is 7.72. The van der Waals surface area contributed by atoms with Crippen molar-refractivity contribution < 1.29 is 14.3 Å². The van der Waals surface area contributed by atoms with Gasteiger partial charge in [-0.3, -0.25) is 4.79 Å². The van der Waals surface area contributed by atoms with E-state index in [1.54, 1.807) is 49.6 Å². The molecule has 0 aliphatic heterocycles. The SMILES string of the molecule is CCCCOc1ccc(/C=C(\C#N)C(=O)Nc2ccccc2Cl)cc1OC. The molecule has 0 unspecified atom stereocenters. The molecule has 0 aromatic heterocycles. The van der Waals surface area contributed by atoms with Gasteiger partial charge in [-0.25, -0.2) is 0 Å². The number of anilines is 1. The van der Waals surface area contributed by atoms with E-state index in [4.69, 9.17) is 21.1 Å². The summed E-state index contributed by atoms with van der Waals surface area (Å²) in [5, 5.41) is 12.4. The van der Waals surface area contributed by atoms with Crippen LogP contribution in [0, 0.1) is 11.3 Å². The van der Waals surface area contributed by atoms with Gasteiger partial charge >= 0.3 is 0 Å². The normalized spacial score (nSPS) is 10.8. The molecule has 0 aliphatic rings. The molecule has 0 atom stereocenters. The van der Waals surface area contributed by atoms with E-state index in [0.29, 0.717) is 34.4 Å². The van der Waals surface area contributed by atoms with Gasteiger partial charge in [0.2, 0.25) is 0 Å². The third kappa shape index (κ3) is 5.77. The summed E-state index contributed by atoms with van der Waals surface area (Å²) < 4.78 is 11.0. The van der Waals surface area contributed by atoms with Crippen LogP contribution < -0.4 is 14.8 Å². The molecule has 0 heterocycles. The third-order valence-corrected chi connectivity index (χ3v) is 4.07. The summed E-state index contributed by atoms with van der Waals surface area (Å²) in [6, 6.07) is 14.0. The van der Waals surface area contributed by atoms with Gasteiger partial charge in [-0.05, 0) is 42.3 Å². The smallest absolute Gasteiger partial charge is 0.266 e. The number of rotatable bonds is 8. The van der Waals surface area contributed by atoms with Gasteiger partial charge in [0.25, 0.3) is 5.91 Å². The fourth-order valence-corrected chi connectivity index (χ4v) is 2.47. The van der Waals surface area contributed by atoms with Crippen molar-refractivity contribution in [1.82, 2.24) is 0 Å². The van der Waals surface area contributed by atoms with Crippen molar-refractivity contribution in [3.05, 3.63) is 58.6 Å². The first-order chi connectivity index (χ1) is 13.1. The number of ether oxygens (including phenoxy) is 2. The van der Waals surface area contributed by atoms with E-state index in [2.05, 4.69) is 12.2 Å². The molecule has 140 valence electrons. The Hall–Kier alpha value is -2.97. The standard InChI is InChI=1S/C21H21ClN2O3/c1-3-4-11-27-19-10-9-15(13-20(19)26-2)12-16(14-23)21(25)24-18-8-6-5-7-17(18)22/h5-10,12-13H,3-4,11H2,1-2H3,(H,24,25)/b16-12+. The Morgan fingerprint density at radius 2 is 2.04 bits per heavy atom. The summed E-state index contributed by atoms with van der Waals surface area (Å²) in [7, 11) is 1.55. The Balaban J connectivity index is 2.20. The molecule has 0 spiro atoms. The second kappa shape index (κ2) is 10.2. The summed E-state index contributed by atoms with van der Waals surface area (Å²) in [6.07, 6.45) is 3.48. The molecular formula is C21H21ClN2O3. The maximum Gasteiger partial charge on any atom is 0.266 e. The van der Waals surface area contributed by atoms with E-state index >= 15 is 0 Å². The summed E-state index contributed by atoms with van der Waals surface area (Å²) in [5.74, 6) is 0.638. The monoisotopic (exact) mass is 384 g/mol. The highest BCUT2D eigenvalue weighted by molar-refractivity contribution is 6.34. The van der Waals surface area contributed by atoms with E-state index in [9.17, 15) is 10.1 Å². The minimum atomic E-state index is -0.534. The van der Waals surface area contributed by atoms with Crippen LogP contribution in [0.2, 0.25) is 5.02 Å². The molecule has 6 heteroatoms. The minimum Gasteiger partial charge on any atom is -0.493 e. The Bertz CT molecular complexity index is 872. The average molecular weight is 385 g/mol. The van der Waals surface area contributed by atoms with E-state index in [-0.39, 0.29) is 5.57 Å². The van der Waals surface area contributed by atoms with Crippen molar-refractivity contribution in [3.8, 4) is 17.6 Å². The second-order valence-electron chi connectivity index (χ2n) is 5.72. The predicted molar refractivity (Wildman–Crippen MR) is 107 cm³/mol. The number of methoxy groups -OCH3 is 1. The van der Waals surface area contributed by atoms with E-state index in [1.165, 1.54) is 6.08 Å². The van der Waals surface area contributed by atoms with Crippen LogP contribution >= 0.6 is 11.6 Å². The first-order valence-corrected chi connectivity index (χ1v) is 8.95. The molecule has 0 radical (unpaired) electrons. The summed E-state index contributed by atoms with van der Waals surface area (Å²) in [4.78, 5) is 12.4. The van der Waals surface area contributed by atoms with Crippen LogP contribution in [-0.4, -0.2) is 19.6 Å². The summed E-state index contributed by atoms with van der Waals surface area (Å²) in [5.41, 5.74) is 1.06. The van der Waals surface area contributed by atoms with Crippen LogP contribution in [0.15, 0.2) is 48.0 Å². The lowest BCUT2D eigenvalue weighted by molar-refractivity contribution is -0.112. The number of amides is 1. The van der Waals surface area contributed by atoms with Crippen molar-refractivity contribution in [2.45, 2.75) is 19.8 Å². The van der Waals surface area contributed by atoms with Gasteiger partial charge in [-0.1, -0.05) is 43.1 Å². The Labute approximate surface area is 164 Å². The number of carbonyl (C=O) groups excluding carboxylic acids is 1. The summed E-state index contributed by atoms with van der Waals surface area (Å²) >= 11 is 6.04. The maximum absolute atomic E-state index is 12.4. The maximum atomic E-state index is 12.4. The number of hydrogen-bond donors (Lipinski definition) is 1. The largest absolute Gasteiger partial charge is 0.493 e. The first-order valence-electron chi connectivity index (χ1n) is 8.57. The molecule has 2 rings (SSSR count). The van der Waals surface area contributed by atoms with Crippen LogP contribution in [-0.2, 0) is 4.79 Å². The topological polar surface area (TPSA) is 71.3 Å². The van der Waals surface area contributed by atoms with Gasteiger partial charge in [0.1, 0.15) is 11.6 Å². The molecule has 0 fully saturated rings. The van der Waals surface area contributed by atoms with Gasteiger partial charge in [0.15, 0.2) is 11.5 Å².